The molecule has 4 radical (unpaired) electrons. The molecular formula is C6H6O3Sn. The van der Waals surface area contributed by atoms with Crippen LogP contribution in [0.5, 0.6) is 0 Å². The van der Waals surface area contributed by atoms with Gasteiger partial charge in [0.15, 0.2) is 12.0 Å². The normalized spacial score (nSPS) is 8.50. The monoisotopic (exact) mass is 246 g/mol. The molecule has 1 rings (SSSR count). The predicted molar refractivity (Wildman–Crippen MR) is 35.8 cm³/mol. The molecule has 1 aromatic heterocycles. The van der Waals surface area contributed by atoms with Gasteiger partial charge in [0.1, 0.15) is 12.4 Å². The van der Waals surface area contributed by atoms with Crippen LogP contribution in [-0.4, -0.2) is 35.3 Å². The van der Waals surface area contributed by atoms with Crippen molar-refractivity contribution in [2.75, 3.05) is 0 Å². The summed E-state index contributed by atoms with van der Waals surface area (Å²) >= 11 is 0. The van der Waals surface area contributed by atoms with E-state index in [9.17, 15) is 4.79 Å². The quantitative estimate of drug-likeness (QED) is 0.598. The molecule has 0 aliphatic rings. The Morgan fingerprint density at radius 1 is 1.60 bits per heavy atom. The smallest absolute Gasteiger partial charge is 0.185 e. The Labute approximate surface area is 75.0 Å². The van der Waals surface area contributed by atoms with E-state index in [1.807, 2.05) is 0 Å². The molecule has 0 aliphatic carbocycles. The maximum Gasteiger partial charge on any atom is 0.185 e. The standard InChI is InChI=1S/C6H6O3.Sn/c7-3-5-1-2-6(4-8)9-5;/h1-3,8H,4H2;. The van der Waals surface area contributed by atoms with Gasteiger partial charge < -0.3 is 9.52 Å². The van der Waals surface area contributed by atoms with Gasteiger partial charge in [-0.1, -0.05) is 0 Å². The maximum absolute atomic E-state index is 9.96. The Hall–Kier alpha value is -0.291. The number of carbonyl (C=O) groups excluding carboxylic acids is 1. The second-order valence-corrected chi connectivity index (χ2v) is 1.58. The molecule has 52 valence electrons. The Kier molecular flexibility index (Phi) is 4.38. The summed E-state index contributed by atoms with van der Waals surface area (Å²) in [7, 11) is 0. The molecular weight excluding hydrogens is 239 g/mol. The van der Waals surface area contributed by atoms with Gasteiger partial charge in [-0.2, -0.15) is 0 Å². The van der Waals surface area contributed by atoms with Crippen LogP contribution in [0.4, 0.5) is 0 Å². The van der Waals surface area contributed by atoms with E-state index in [0.29, 0.717) is 12.0 Å². The fourth-order valence-corrected chi connectivity index (χ4v) is 0.543. The molecule has 0 spiro atoms. The first-order valence-corrected chi connectivity index (χ1v) is 2.51. The summed E-state index contributed by atoms with van der Waals surface area (Å²) in [4.78, 5) is 9.96. The maximum atomic E-state index is 9.96. The molecule has 1 aromatic rings. The van der Waals surface area contributed by atoms with Crippen LogP contribution in [0.25, 0.3) is 0 Å². The van der Waals surface area contributed by atoms with Gasteiger partial charge in [0.2, 0.25) is 0 Å². The Morgan fingerprint density at radius 2 is 2.30 bits per heavy atom. The van der Waals surface area contributed by atoms with Crippen LogP contribution >= 0.6 is 0 Å². The number of hydrogen-bond donors (Lipinski definition) is 1. The van der Waals surface area contributed by atoms with Crippen molar-refractivity contribution in [1.29, 1.82) is 0 Å². The predicted octanol–water partition coefficient (Wildman–Crippen LogP) is 0.204. The van der Waals surface area contributed by atoms with Crippen LogP contribution in [0.3, 0.4) is 0 Å². The second kappa shape index (κ2) is 4.51. The third-order valence-electron chi connectivity index (χ3n) is 0.954. The van der Waals surface area contributed by atoms with E-state index in [1.54, 1.807) is 6.07 Å². The number of hydrogen-bond acceptors (Lipinski definition) is 3. The third kappa shape index (κ3) is 2.15. The average Bonchev–Trinajstić information content (AvgIpc) is 2.34. The molecule has 0 bridgehead atoms. The van der Waals surface area contributed by atoms with E-state index in [2.05, 4.69) is 0 Å². The molecule has 1 N–H and O–H groups in total. The molecule has 3 nitrogen and oxygen atoms in total. The molecule has 4 heteroatoms. The topological polar surface area (TPSA) is 50.4 Å². The molecule has 0 aliphatic heterocycles. The van der Waals surface area contributed by atoms with Crippen molar-refractivity contribution in [2.24, 2.45) is 0 Å². The van der Waals surface area contributed by atoms with Crippen LogP contribution in [0.2, 0.25) is 0 Å². The van der Waals surface area contributed by atoms with Crippen molar-refractivity contribution in [3.05, 3.63) is 23.7 Å². The first-order chi connectivity index (χ1) is 4.36. The summed E-state index contributed by atoms with van der Waals surface area (Å²) in [6, 6.07) is 3.07. The van der Waals surface area contributed by atoms with Gasteiger partial charge in [-0.25, -0.2) is 0 Å². The van der Waals surface area contributed by atoms with E-state index in [1.165, 1.54) is 6.07 Å². The second-order valence-electron chi connectivity index (χ2n) is 1.58. The van der Waals surface area contributed by atoms with Gasteiger partial charge in [-0.3, -0.25) is 4.79 Å². The van der Waals surface area contributed by atoms with Crippen LogP contribution in [0.15, 0.2) is 16.5 Å². The molecule has 0 atom stereocenters. The summed E-state index contributed by atoms with van der Waals surface area (Å²) in [6.45, 7) is -0.159. The number of furan rings is 1. The number of rotatable bonds is 2. The Bertz CT molecular complexity index is 207. The molecule has 0 saturated heterocycles. The van der Waals surface area contributed by atoms with Gasteiger partial charge in [0.05, 0.1) is 0 Å². The summed E-state index contributed by atoms with van der Waals surface area (Å²) in [5.74, 6) is 0.663. The van der Waals surface area contributed by atoms with Gasteiger partial charge in [0, 0.05) is 23.9 Å². The van der Waals surface area contributed by atoms with E-state index >= 15 is 0 Å². The minimum absolute atomic E-state index is 0. The fourth-order valence-electron chi connectivity index (χ4n) is 0.543. The van der Waals surface area contributed by atoms with E-state index in [4.69, 9.17) is 9.52 Å². The number of carbonyl (C=O) groups is 1. The first kappa shape index (κ1) is 9.71. The van der Waals surface area contributed by atoms with Crippen molar-refractivity contribution in [3.63, 3.8) is 0 Å². The number of aliphatic hydroxyl groups excluding tert-OH is 1. The van der Waals surface area contributed by atoms with Crippen LogP contribution in [0.1, 0.15) is 16.3 Å². The van der Waals surface area contributed by atoms with E-state index in [-0.39, 0.29) is 36.3 Å². The zero-order chi connectivity index (χ0) is 6.69. The van der Waals surface area contributed by atoms with Crippen molar-refractivity contribution >= 4 is 30.2 Å². The van der Waals surface area contributed by atoms with Crippen molar-refractivity contribution in [3.8, 4) is 0 Å². The minimum Gasteiger partial charge on any atom is -0.456 e. The van der Waals surface area contributed by atoms with Gasteiger partial charge >= 0.3 is 0 Å². The van der Waals surface area contributed by atoms with E-state index < -0.39 is 0 Å². The molecule has 1 heterocycles. The van der Waals surface area contributed by atoms with Crippen LogP contribution in [-0.2, 0) is 6.61 Å². The number of aliphatic hydroxyl groups is 1. The number of aldehydes is 1. The molecule has 0 fully saturated rings. The van der Waals surface area contributed by atoms with Gasteiger partial charge in [-0.05, 0) is 12.1 Å². The summed E-state index contributed by atoms with van der Waals surface area (Å²) in [6.07, 6.45) is 0.596. The van der Waals surface area contributed by atoms with Crippen molar-refractivity contribution < 1.29 is 14.3 Å². The zero-order valence-corrected chi connectivity index (χ0v) is 8.06. The summed E-state index contributed by atoms with van der Waals surface area (Å²) < 4.78 is 4.76. The fraction of sp³-hybridized carbons (Fsp3) is 0.167. The molecule has 0 unspecified atom stereocenters. The van der Waals surface area contributed by atoms with Gasteiger partial charge in [-0.15, -0.1) is 0 Å². The Morgan fingerprint density at radius 3 is 2.60 bits per heavy atom. The molecule has 0 aromatic carbocycles. The van der Waals surface area contributed by atoms with Crippen molar-refractivity contribution in [1.82, 2.24) is 0 Å². The van der Waals surface area contributed by atoms with Crippen molar-refractivity contribution in [2.45, 2.75) is 6.61 Å². The van der Waals surface area contributed by atoms with Crippen LogP contribution in [0, 0.1) is 0 Å². The molecule has 0 saturated carbocycles. The van der Waals surface area contributed by atoms with Gasteiger partial charge in [0.25, 0.3) is 0 Å². The van der Waals surface area contributed by atoms with E-state index in [0.717, 1.165) is 0 Å². The summed E-state index contributed by atoms with van der Waals surface area (Å²) in [5, 5.41) is 8.44. The summed E-state index contributed by atoms with van der Waals surface area (Å²) in [5.41, 5.74) is 0. The molecule has 0 amide bonds. The zero-order valence-electron chi connectivity index (χ0n) is 5.20. The third-order valence-corrected chi connectivity index (χ3v) is 0.954. The Balaban J connectivity index is 0.000000810. The van der Waals surface area contributed by atoms with Crippen LogP contribution < -0.4 is 0 Å². The molecule has 10 heavy (non-hydrogen) atoms. The first-order valence-electron chi connectivity index (χ1n) is 2.51. The largest absolute Gasteiger partial charge is 0.456 e. The average molecular weight is 245 g/mol. The minimum atomic E-state index is -0.159. The SMILES string of the molecule is O=Cc1ccc(CO)o1.[Sn].